The van der Waals surface area contributed by atoms with Gasteiger partial charge in [-0.15, -0.1) is 10.2 Å². The number of carbonyl (C=O) groups excluding carboxylic acids is 2. The van der Waals surface area contributed by atoms with E-state index in [9.17, 15) is 9.59 Å². The third-order valence-electron chi connectivity index (χ3n) is 3.20. The Morgan fingerprint density at radius 3 is 2.83 bits per heavy atom. The zero-order valence-electron chi connectivity index (χ0n) is 13.5. The number of aryl methyl sites for hydroxylation is 2. The molecule has 0 saturated heterocycles. The quantitative estimate of drug-likeness (QED) is 0.651. The third-order valence-corrected chi connectivity index (χ3v) is 5.17. The van der Waals surface area contributed by atoms with E-state index in [0.29, 0.717) is 10.9 Å². The van der Waals surface area contributed by atoms with Gasteiger partial charge >= 0.3 is 6.03 Å². The van der Waals surface area contributed by atoms with Crippen molar-refractivity contribution in [2.45, 2.75) is 31.0 Å². The van der Waals surface area contributed by atoms with Crippen LogP contribution in [0.2, 0.25) is 0 Å². The molecular weight excluding hydrogens is 346 g/mol. The van der Waals surface area contributed by atoms with Gasteiger partial charge in [0.15, 0.2) is 4.34 Å². The van der Waals surface area contributed by atoms with Crippen LogP contribution < -0.4 is 16.4 Å². The first-order valence-corrected chi connectivity index (χ1v) is 9.21. The van der Waals surface area contributed by atoms with Gasteiger partial charge in [0.25, 0.3) is 0 Å². The zero-order chi connectivity index (χ0) is 17.5. The Labute approximate surface area is 148 Å². The Morgan fingerprint density at radius 1 is 1.33 bits per heavy atom. The lowest BCUT2D eigenvalue weighted by Crippen LogP contribution is -2.35. The molecule has 2 aromatic rings. The maximum atomic E-state index is 11.3. The number of anilines is 2. The van der Waals surface area contributed by atoms with Crippen molar-refractivity contribution in [2.75, 3.05) is 11.1 Å². The van der Waals surface area contributed by atoms with Gasteiger partial charge in [0.05, 0.1) is 0 Å². The molecule has 0 fully saturated rings. The van der Waals surface area contributed by atoms with Crippen molar-refractivity contribution >= 4 is 45.9 Å². The van der Waals surface area contributed by atoms with E-state index >= 15 is 0 Å². The van der Waals surface area contributed by atoms with Crippen LogP contribution in [0.1, 0.15) is 24.5 Å². The molecule has 128 valence electrons. The van der Waals surface area contributed by atoms with Crippen molar-refractivity contribution < 1.29 is 9.59 Å². The summed E-state index contributed by atoms with van der Waals surface area (Å²) in [5.41, 5.74) is 8.32. The van der Waals surface area contributed by atoms with Crippen molar-refractivity contribution in [1.29, 1.82) is 0 Å². The second-order valence-electron chi connectivity index (χ2n) is 4.97. The van der Waals surface area contributed by atoms with Crippen LogP contribution in [0.4, 0.5) is 15.6 Å². The number of benzene rings is 1. The molecule has 0 radical (unpaired) electrons. The van der Waals surface area contributed by atoms with Crippen molar-refractivity contribution in [3.8, 4) is 0 Å². The molecule has 0 aliphatic heterocycles. The first kappa shape index (κ1) is 18.2. The first-order chi connectivity index (χ1) is 11.5. The van der Waals surface area contributed by atoms with Crippen molar-refractivity contribution in [3.05, 3.63) is 29.3 Å². The summed E-state index contributed by atoms with van der Waals surface area (Å²) in [7, 11) is 0. The number of nitrogens with one attached hydrogen (secondary N) is 2. The maximum Gasteiger partial charge on any atom is 0.318 e. The highest BCUT2D eigenvalue weighted by Crippen LogP contribution is 2.30. The van der Waals surface area contributed by atoms with E-state index < -0.39 is 11.9 Å². The standard InChI is InChI=1S/C15H19N5O2S2/c1-3-10-6-4-5-9(2)12(10)18-14-19-20-15(24-14)23-8-7-11(21)17-13(16)22/h4-6H,3,7-8H2,1-2H3,(H,18,19)(H3,16,17,21,22). The first-order valence-electron chi connectivity index (χ1n) is 7.40. The Morgan fingerprint density at radius 2 is 2.12 bits per heavy atom. The number of urea groups is 1. The minimum Gasteiger partial charge on any atom is -0.351 e. The number of hydrogen-bond acceptors (Lipinski definition) is 7. The van der Waals surface area contributed by atoms with Crippen LogP contribution in [-0.2, 0) is 11.2 Å². The molecule has 0 unspecified atom stereocenters. The number of aromatic nitrogens is 2. The summed E-state index contributed by atoms with van der Waals surface area (Å²) in [6.07, 6.45) is 1.12. The van der Waals surface area contributed by atoms with E-state index in [1.807, 2.05) is 11.4 Å². The fourth-order valence-electron chi connectivity index (χ4n) is 2.06. The predicted molar refractivity (Wildman–Crippen MR) is 96.8 cm³/mol. The molecule has 4 N–H and O–H groups in total. The van der Waals surface area contributed by atoms with Crippen LogP contribution in [0.25, 0.3) is 0 Å². The molecule has 3 amide bonds. The Hall–Kier alpha value is -2.13. The van der Waals surface area contributed by atoms with Crippen LogP contribution >= 0.6 is 23.1 Å². The van der Waals surface area contributed by atoms with Crippen LogP contribution in [0.15, 0.2) is 22.5 Å². The number of amides is 3. The lowest BCUT2D eigenvalue weighted by atomic mass is 10.1. The molecule has 1 aromatic heterocycles. The maximum absolute atomic E-state index is 11.3. The molecule has 0 aliphatic carbocycles. The van der Waals surface area contributed by atoms with Gasteiger partial charge in [-0.25, -0.2) is 4.79 Å². The Balaban J connectivity index is 1.92. The fraction of sp³-hybridized carbons (Fsp3) is 0.333. The largest absolute Gasteiger partial charge is 0.351 e. The minimum atomic E-state index is -0.836. The summed E-state index contributed by atoms with van der Waals surface area (Å²) < 4.78 is 0.760. The van der Waals surface area contributed by atoms with Gasteiger partial charge in [-0.1, -0.05) is 48.2 Å². The van der Waals surface area contributed by atoms with Crippen molar-refractivity contribution in [1.82, 2.24) is 15.5 Å². The number of para-hydroxylation sites is 1. The van der Waals surface area contributed by atoms with Gasteiger partial charge in [-0.05, 0) is 24.5 Å². The van der Waals surface area contributed by atoms with Gasteiger partial charge in [0.2, 0.25) is 11.0 Å². The fourth-order valence-corrected chi connectivity index (χ4v) is 3.82. The minimum absolute atomic E-state index is 0.188. The topological polar surface area (TPSA) is 110 Å². The molecule has 0 bridgehead atoms. The number of nitrogens with zero attached hydrogens (tertiary/aromatic N) is 2. The van der Waals surface area contributed by atoms with Gasteiger partial charge < -0.3 is 11.1 Å². The molecule has 9 heteroatoms. The van der Waals surface area contributed by atoms with Gasteiger partial charge in [0.1, 0.15) is 0 Å². The molecule has 0 saturated carbocycles. The Kier molecular flexibility index (Phi) is 6.56. The normalized spacial score (nSPS) is 10.4. The van der Waals surface area contributed by atoms with Crippen molar-refractivity contribution in [3.63, 3.8) is 0 Å². The summed E-state index contributed by atoms with van der Waals surface area (Å²) in [6.45, 7) is 4.16. The van der Waals surface area contributed by atoms with E-state index in [1.165, 1.54) is 28.7 Å². The van der Waals surface area contributed by atoms with Crippen LogP contribution in [0.5, 0.6) is 0 Å². The summed E-state index contributed by atoms with van der Waals surface area (Å²) in [5.74, 6) is 0.101. The SMILES string of the molecule is CCc1cccc(C)c1Nc1nnc(SCCC(=O)NC(N)=O)s1. The number of thioether (sulfide) groups is 1. The molecule has 2 rings (SSSR count). The number of imide groups is 1. The predicted octanol–water partition coefficient (Wildman–Crippen LogP) is 2.83. The summed E-state index contributed by atoms with van der Waals surface area (Å²) in [4.78, 5) is 21.9. The summed E-state index contributed by atoms with van der Waals surface area (Å²) >= 11 is 2.84. The van der Waals surface area contributed by atoms with E-state index in [1.54, 1.807) is 0 Å². The molecular formula is C15H19N5O2S2. The average Bonchev–Trinajstić information content (AvgIpc) is 2.96. The number of hydrogen-bond donors (Lipinski definition) is 3. The molecule has 0 atom stereocenters. The zero-order valence-corrected chi connectivity index (χ0v) is 15.1. The second kappa shape index (κ2) is 8.65. The summed E-state index contributed by atoms with van der Waals surface area (Å²) in [5, 5.41) is 14.3. The Bertz CT molecular complexity index is 732. The highest BCUT2D eigenvalue weighted by atomic mass is 32.2. The number of primary amides is 1. The van der Waals surface area contributed by atoms with E-state index in [-0.39, 0.29) is 6.42 Å². The summed E-state index contributed by atoms with van der Waals surface area (Å²) in [6, 6.07) is 5.34. The van der Waals surface area contributed by atoms with E-state index in [2.05, 4.69) is 41.5 Å². The molecule has 7 nitrogen and oxygen atoms in total. The molecule has 24 heavy (non-hydrogen) atoms. The number of carbonyl (C=O) groups is 2. The van der Waals surface area contributed by atoms with E-state index in [0.717, 1.165) is 22.0 Å². The van der Waals surface area contributed by atoms with Crippen LogP contribution in [0.3, 0.4) is 0 Å². The third kappa shape index (κ3) is 5.20. The number of rotatable bonds is 7. The molecule has 0 spiro atoms. The lowest BCUT2D eigenvalue weighted by Gasteiger charge is -2.11. The average molecular weight is 365 g/mol. The molecule has 0 aliphatic rings. The van der Waals surface area contributed by atoms with Crippen molar-refractivity contribution in [2.24, 2.45) is 5.73 Å². The van der Waals surface area contributed by atoms with Gasteiger partial charge in [-0.3, -0.25) is 10.1 Å². The van der Waals surface area contributed by atoms with E-state index in [4.69, 9.17) is 5.73 Å². The highest BCUT2D eigenvalue weighted by molar-refractivity contribution is 8.01. The number of nitrogens with two attached hydrogens (primary N) is 1. The smallest absolute Gasteiger partial charge is 0.318 e. The lowest BCUT2D eigenvalue weighted by molar-refractivity contribution is -0.119. The van der Waals surface area contributed by atoms with Gasteiger partial charge in [0, 0.05) is 17.9 Å². The monoisotopic (exact) mass is 365 g/mol. The molecule has 1 heterocycles. The van der Waals surface area contributed by atoms with Crippen LogP contribution in [-0.4, -0.2) is 27.9 Å². The van der Waals surface area contributed by atoms with Crippen LogP contribution in [0, 0.1) is 6.92 Å². The molecule has 1 aromatic carbocycles. The van der Waals surface area contributed by atoms with Gasteiger partial charge in [-0.2, -0.15) is 0 Å². The highest BCUT2D eigenvalue weighted by Gasteiger charge is 2.10. The second-order valence-corrected chi connectivity index (χ2v) is 7.29.